The van der Waals surface area contributed by atoms with Crippen molar-refractivity contribution in [1.29, 1.82) is 0 Å². The topological polar surface area (TPSA) is 24.7 Å². The third-order valence-electron chi connectivity index (χ3n) is 3.81. The van der Waals surface area contributed by atoms with Gasteiger partial charge in [0.2, 0.25) is 0 Å². The van der Waals surface area contributed by atoms with E-state index in [1.54, 1.807) is 0 Å². The molecule has 0 saturated heterocycles. The fourth-order valence-electron chi connectivity index (χ4n) is 2.86. The molecule has 2 aliphatic rings. The summed E-state index contributed by atoms with van der Waals surface area (Å²) in [5.41, 5.74) is 5.76. The zero-order valence-corrected chi connectivity index (χ0v) is 12.0. The molecule has 1 heterocycles. The van der Waals surface area contributed by atoms with Gasteiger partial charge in [-0.1, -0.05) is 41.4 Å². The molecule has 0 radical (unpaired) electrons. The highest BCUT2D eigenvalue weighted by Crippen LogP contribution is 2.47. The van der Waals surface area contributed by atoms with Gasteiger partial charge in [0.1, 0.15) is 6.04 Å². The molecule has 1 unspecified atom stereocenters. The molecule has 0 aromatic heterocycles. The van der Waals surface area contributed by atoms with Gasteiger partial charge in [0, 0.05) is 15.6 Å². The van der Waals surface area contributed by atoms with Gasteiger partial charge in [-0.05, 0) is 47.4 Å². The molecule has 1 aliphatic heterocycles. The predicted octanol–water partition coefficient (Wildman–Crippen LogP) is 5.47. The van der Waals surface area contributed by atoms with Crippen LogP contribution in [0.3, 0.4) is 0 Å². The van der Waals surface area contributed by atoms with E-state index in [1.807, 2.05) is 36.4 Å². The molecule has 0 spiro atoms. The smallest absolute Gasteiger partial charge is 0.120 e. The van der Waals surface area contributed by atoms with Crippen LogP contribution in [0, 0.1) is 0 Å². The summed E-state index contributed by atoms with van der Waals surface area (Å²) in [7, 11) is 0. The van der Waals surface area contributed by atoms with Crippen LogP contribution in [0.5, 0.6) is 0 Å². The van der Waals surface area contributed by atoms with Crippen molar-refractivity contribution >= 4 is 28.9 Å². The maximum Gasteiger partial charge on any atom is 0.120 e. The number of benzene rings is 2. The molecule has 4 heteroatoms. The number of azo groups is 1. The van der Waals surface area contributed by atoms with Crippen LogP contribution in [-0.2, 0) is 6.42 Å². The van der Waals surface area contributed by atoms with E-state index in [-0.39, 0.29) is 6.04 Å². The summed E-state index contributed by atoms with van der Waals surface area (Å²) < 4.78 is 0. The Hall–Kier alpha value is -1.64. The SMILES string of the molecule is Clc1ccc(C2=C3Cc4cc(Cl)ccc4C3N=N2)cc1. The summed E-state index contributed by atoms with van der Waals surface area (Å²) in [6.07, 6.45) is 0.867. The molecular weight excluding hydrogens is 291 g/mol. The summed E-state index contributed by atoms with van der Waals surface area (Å²) in [6, 6.07) is 13.8. The van der Waals surface area contributed by atoms with Gasteiger partial charge in [0.25, 0.3) is 0 Å². The lowest BCUT2D eigenvalue weighted by Gasteiger charge is -2.03. The van der Waals surface area contributed by atoms with Crippen LogP contribution < -0.4 is 0 Å². The van der Waals surface area contributed by atoms with Gasteiger partial charge in [-0.3, -0.25) is 0 Å². The minimum Gasteiger partial charge on any atom is -0.176 e. The average molecular weight is 301 g/mol. The molecule has 0 amide bonds. The largest absolute Gasteiger partial charge is 0.176 e. The van der Waals surface area contributed by atoms with E-state index in [2.05, 4.69) is 16.3 Å². The van der Waals surface area contributed by atoms with Gasteiger partial charge >= 0.3 is 0 Å². The van der Waals surface area contributed by atoms with E-state index in [4.69, 9.17) is 23.2 Å². The summed E-state index contributed by atoms with van der Waals surface area (Å²) >= 11 is 12.0. The van der Waals surface area contributed by atoms with Gasteiger partial charge in [0.15, 0.2) is 0 Å². The van der Waals surface area contributed by atoms with E-state index >= 15 is 0 Å². The molecule has 2 aromatic rings. The number of rotatable bonds is 1. The molecule has 0 saturated carbocycles. The number of hydrogen-bond donors (Lipinski definition) is 0. The molecule has 2 nitrogen and oxygen atoms in total. The summed E-state index contributed by atoms with van der Waals surface area (Å²) in [4.78, 5) is 0. The maximum atomic E-state index is 6.07. The van der Waals surface area contributed by atoms with E-state index < -0.39 is 0 Å². The average Bonchev–Trinajstić information content (AvgIpc) is 2.98. The van der Waals surface area contributed by atoms with Gasteiger partial charge in [-0.15, -0.1) is 0 Å². The number of hydrogen-bond acceptors (Lipinski definition) is 2. The quantitative estimate of drug-likeness (QED) is 0.667. The molecule has 0 bridgehead atoms. The van der Waals surface area contributed by atoms with E-state index in [0.717, 1.165) is 27.7 Å². The Morgan fingerprint density at radius 3 is 2.50 bits per heavy atom. The zero-order chi connectivity index (χ0) is 13.7. The van der Waals surface area contributed by atoms with Gasteiger partial charge in [-0.25, -0.2) is 0 Å². The second-order valence-electron chi connectivity index (χ2n) is 5.02. The fraction of sp³-hybridized carbons (Fsp3) is 0.125. The normalized spacial score (nSPS) is 19.4. The third kappa shape index (κ3) is 1.80. The van der Waals surface area contributed by atoms with E-state index in [0.29, 0.717) is 0 Å². The maximum absolute atomic E-state index is 6.07. The Bertz CT molecular complexity index is 761. The molecule has 0 fully saturated rings. The van der Waals surface area contributed by atoms with Crippen molar-refractivity contribution in [1.82, 2.24) is 0 Å². The van der Waals surface area contributed by atoms with Gasteiger partial charge < -0.3 is 0 Å². The van der Waals surface area contributed by atoms with Gasteiger partial charge in [-0.2, -0.15) is 10.2 Å². The standard InChI is InChI=1S/C16H10Cl2N2/c17-11-3-1-9(2-4-11)15-14-8-10-7-12(18)5-6-13(10)16(14)20-19-15/h1-7,16H,8H2. The second kappa shape index (κ2) is 4.44. The molecule has 0 N–H and O–H groups in total. The Balaban J connectivity index is 1.81. The summed E-state index contributed by atoms with van der Waals surface area (Å²) in [5, 5.41) is 10.3. The third-order valence-corrected chi connectivity index (χ3v) is 4.29. The monoisotopic (exact) mass is 300 g/mol. The van der Waals surface area contributed by atoms with Crippen molar-refractivity contribution in [2.45, 2.75) is 12.5 Å². The van der Waals surface area contributed by atoms with Crippen molar-refractivity contribution in [3.05, 3.63) is 74.8 Å². The molecule has 4 rings (SSSR count). The summed E-state index contributed by atoms with van der Waals surface area (Å²) in [5.74, 6) is 0. The Morgan fingerprint density at radius 2 is 1.70 bits per heavy atom. The Kier molecular flexibility index (Phi) is 2.69. The number of halogens is 2. The van der Waals surface area contributed by atoms with Crippen LogP contribution in [-0.4, -0.2) is 0 Å². The number of nitrogens with zero attached hydrogens (tertiary/aromatic N) is 2. The first-order valence-corrected chi connectivity index (χ1v) is 7.16. The zero-order valence-electron chi connectivity index (χ0n) is 10.5. The van der Waals surface area contributed by atoms with Crippen LogP contribution in [0.4, 0.5) is 0 Å². The van der Waals surface area contributed by atoms with Crippen molar-refractivity contribution in [2.75, 3.05) is 0 Å². The minimum atomic E-state index is 0.0629. The highest BCUT2D eigenvalue weighted by Gasteiger charge is 2.33. The first-order valence-electron chi connectivity index (χ1n) is 6.40. The lowest BCUT2D eigenvalue weighted by molar-refractivity contribution is 0.862. The van der Waals surface area contributed by atoms with E-state index in [1.165, 1.54) is 16.7 Å². The fourth-order valence-corrected chi connectivity index (χ4v) is 3.18. The highest BCUT2D eigenvalue weighted by molar-refractivity contribution is 6.31. The highest BCUT2D eigenvalue weighted by atomic mass is 35.5. The van der Waals surface area contributed by atoms with E-state index in [9.17, 15) is 0 Å². The van der Waals surface area contributed by atoms with Crippen LogP contribution in [0.15, 0.2) is 58.3 Å². The Morgan fingerprint density at radius 1 is 0.950 bits per heavy atom. The van der Waals surface area contributed by atoms with Crippen molar-refractivity contribution < 1.29 is 0 Å². The molecule has 2 aromatic carbocycles. The minimum absolute atomic E-state index is 0.0629. The first-order chi connectivity index (χ1) is 9.72. The van der Waals surface area contributed by atoms with Crippen LogP contribution in [0.2, 0.25) is 10.0 Å². The second-order valence-corrected chi connectivity index (χ2v) is 5.89. The first kappa shape index (κ1) is 12.1. The predicted molar refractivity (Wildman–Crippen MR) is 81.1 cm³/mol. The summed E-state index contributed by atoms with van der Waals surface area (Å²) in [6.45, 7) is 0. The molecule has 20 heavy (non-hydrogen) atoms. The number of fused-ring (bicyclic) bond motifs is 3. The van der Waals surface area contributed by atoms with Crippen LogP contribution >= 0.6 is 23.2 Å². The van der Waals surface area contributed by atoms with Crippen LogP contribution in [0.25, 0.3) is 5.70 Å². The Labute approximate surface area is 126 Å². The lowest BCUT2D eigenvalue weighted by Crippen LogP contribution is -1.89. The van der Waals surface area contributed by atoms with Crippen molar-refractivity contribution in [3.63, 3.8) is 0 Å². The molecule has 98 valence electrons. The molecule has 1 aliphatic carbocycles. The van der Waals surface area contributed by atoms with Gasteiger partial charge in [0.05, 0.1) is 5.70 Å². The van der Waals surface area contributed by atoms with Crippen molar-refractivity contribution in [3.8, 4) is 0 Å². The molecule has 1 atom stereocenters. The molecular formula is C16H10Cl2N2. The lowest BCUT2D eigenvalue weighted by atomic mass is 10.0. The van der Waals surface area contributed by atoms with Crippen molar-refractivity contribution in [2.24, 2.45) is 10.2 Å². The van der Waals surface area contributed by atoms with Crippen LogP contribution in [0.1, 0.15) is 22.7 Å².